The highest BCUT2D eigenvalue weighted by Crippen LogP contribution is 2.12. The molecule has 0 atom stereocenters. The van der Waals surface area contributed by atoms with E-state index in [0.29, 0.717) is 0 Å². The van der Waals surface area contributed by atoms with Crippen LogP contribution in [-0.2, 0) is 0 Å². The second-order valence-corrected chi connectivity index (χ2v) is 3.62. The summed E-state index contributed by atoms with van der Waals surface area (Å²) < 4.78 is 0. The van der Waals surface area contributed by atoms with Gasteiger partial charge >= 0.3 is 0 Å². The first-order valence-electron chi connectivity index (χ1n) is 5.25. The Morgan fingerprint density at radius 1 is 1.14 bits per heavy atom. The van der Waals surface area contributed by atoms with Crippen molar-refractivity contribution in [2.75, 3.05) is 31.1 Å². The van der Waals surface area contributed by atoms with Crippen molar-refractivity contribution in [1.82, 2.24) is 5.32 Å². The van der Waals surface area contributed by atoms with Crippen molar-refractivity contribution in [2.45, 2.75) is 6.82 Å². The first-order valence-corrected chi connectivity index (χ1v) is 5.25. The minimum Gasteiger partial charge on any atom is -0.369 e. The second-order valence-electron chi connectivity index (χ2n) is 3.62. The fourth-order valence-corrected chi connectivity index (χ4v) is 1.80. The molecule has 1 saturated heterocycles. The van der Waals surface area contributed by atoms with Crippen molar-refractivity contribution in [1.29, 1.82) is 0 Å². The van der Waals surface area contributed by atoms with Crippen LogP contribution in [0.25, 0.3) is 0 Å². The van der Waals surface area contributed by atoms with Gasteiger partial charge in [0.2, 0.25) is 0 Å². The summed E-state index contributed by atoms with van der Waals surface area (Å²) in [7, 11) is 2.13. The number of nitrogens with zero attached hydrogens (tertiary/aromatic N) is 1. The lowest BCUT2D eigenvalue weighted by molar-refractivity contribution is 0.589. The summed E-state index contributed by atoms with van der Waals surface area (Å²) in [4.78, 5) is 2.43. The monoisotopic (exact) mass is 187 g/mol. The Balaban J connectivity index is 2.07. The van der Waals surface area contributed by atoms with Crippen LogP contribution in [0, 0.1) is 0 Å². The molecule has 1 aliphatic rings. The highest BCUT2D eigenvalue weighted by atomic mass is 15.2. The molecule has 0 amide bonds. The normalized spacial score (nSPS) is 16.8. The maximum absolute atomic E-state index is 3.36. The molecule has 0 aromatic heterocycles. The SMILES string of the molecule is C[B]c1ccc(N2CCNCC2)cc1. The van der Waals surface area contributed by atoms with Crippen molar-refractivity contribution in [3.63, 3.8) is 0 Å². The molecular formula is C11H16BN2. The van der Waals surface area contributed by atoms with E-state index in [9.17, 15) is 0 Å². The fourth-order valence-electron chi connectivity index (χ4n) is 1.80. The zero-order chi connectivity index (χ0) is 9.80. The lowest BCUT2D eigenvalue weighted by atomic mass is 9.73. The highest BCUT2D eigenvalue weighted by molar-refractivity contribution is 6.51. The van der Waals surface area contributed by atoms with Crippen LogP contribution in [0.5, 0.6) is 0 Å². The van der Waals surface area contributed by atoms with Gasteiger partial charge in [-0.1, -0.05) is 24.4 Å². The van der Waals surface area contributed by atoms with Crippen LogP contribution in [0.15, 0.2) is 24.3 Å². The Labute approximate surface area is 86.5 Å². The van der Waals surface area contributed by atoms with Gasteiger partial charge in [0.1, 0.15) is 7.28 Å². The number of anilines is 1. The van der Waals surface area contributed by atoms with Gasteiger partial charge in [-0.15, -0.1) is 0 Å². The fraction of sp³-hybridized carbons (Fsp3) is 0.455. The van der Waals surface area contributed by atoms with Gasteiger partial charge < -0.3 is 10.2 Å². The molecule has 1 aromatic rings. The maximum Gasteiger partial charge on any atom is 0.148 e. The molecule has 0 spiro atoms. The molecule has 0 saturated carbocycles. The van der Waals surface area contributed by atoms with Gasteiger partial charge in [0.05, 0.1) is 0 Å². The van der Waals surface area contributed by atoms with Gasteiger partial charge in [-0.2, -0.15) is 0 Å². The van der Waals surface area contributed by atoms with Gasteiger partial charge in [0, 0.05) is 31.9 Å². The zero-order valence-electron chi connectivity index (χ0n) is 8.66. The minimum absolute atomic E-state index is 1.10. The Hall–Kier alpha value is -0.955. The number of benzene rings is 1. The van der Waals surface area contributed by atoms with E-state index in [4.69, 9.17) is 0 Å². The third kappa shape index (κ3) is 2.10. The van der Waals surface area contributed by atoms with E-state index in [0.717, 1.165) is 26.2 Å². The van der Waals surface area contributed by atoms with Crippen molar-refractivity contribution in [2.24, 2.45) is 0 Å². The predicted octanol–water partition coefficient (Wildman–Crippen LogP) is 0.474. The first-order chi connectivity index (χ1) is 6.90. The molecule has 2 rings (SSSR count). The molecule has 2 nitrogen and oxygen atoms in total. The average Bonchev–Trinajstić information content (AvgIpc) is 2.30. The summed E-state index contributed by atoms with van der Waals surface area (Å²) in [5.41, 5.74) is 2.64. The van der Waals surface area contributed by atoms with E-state index in [-0.39, 0.29) is 0 Å². The molecule has 0 bridgehead atoms. The lowest BCUT2D eigenvalue weighted by Crippen LogP contribution is -2.43. The summed E-state index contributed by atoms with van der Waals surface area (Å²) >= 11 is 0. The van der Waals surface area contributed by atoms with Crippen molar-refractivity contribution in [3.05, 3.63) is 24.3 Å². The Morgan fingerprint density at radius 2 is 1.79 bits per heavy atom. The van der Waals surface area contributed by atoms with Gasteiger partial charge in [-0.3, -0.25) is 0 Å². The molecule has 1 aliphatic heterocycles. The molecule has 3 heteroatoms. The molecule has 14 heavy (non-hydrogen) atoms. The van der Waals surface area contributed by atoms with Crippen LogP contribution in [0.3, 0.4) is 0 Å². The van der Waals surface area contributed by atoms with Crippen LogP contribution in [0.4, 0.5) is 5.69 Å². The number of piperazine rings is 1. The number of nitrogens with one attached hydrogen (secondary N) is 1. The first kappa shape index (κ1) is 9.59. The van der Waals surface area contributed by atoms with Gasteiger partial charge in [0.15, 0.2) is 0 Å². The van der Waals surface area contributed by atoms with Crippen LogP contribution in [0.2, 0.25) is 6.82 Å². The van der Waals surface area contributed by atoms with Gasteiger partial charge in [-0.25, -0.2) is 0 Å². The van der Waals surface area contributed by atoms with Crippen molar-refractivity contribution >= 4 is 18.4 Å². The maximum atomic E-state index is 3.36. The van der Waals surface area contributed by atoms with E-state index in [1.807, 2.05) is 0 Å². The molecule has 0 unspecified atom stereocenters. The van der Waals surface area contributed by atoms with Crippen molar-refractivity contribution in [3.8, 4) is 0 Å². The Kier molecular flexibility index (Phi) is 3.09. The molecule has 1 N–H and O–H groups in total. The molecule has 0 aliphatic carbocycles. The van der Waals surface area contributed by atoms with Crippen molar-refractivity contribution < 1.29 is 0 Å². The van der Waals surface area contributed by atoms with Gasteiger partial charge in [0.25, 0.3) is 0 Å². The van der Waals surface area contributed by atoms with Crippen LogP contribution < -0.4 is 15.7 Å². The molecule has 1 fully saturated rings. The van der Waals surface area contributed by atoms with E-state index in [1.54, 1.807) is 0 Å². The highest BCUT2D eigenvalue weighted by Gasteiger charge is 2.09. The van der Waals surface area contributed by atoms with E-state index in [1.165, 1.54) is 11.2 Å². The second kappa shape index (κ2) is 4.51. The molecule has 1 heterocycles. The van der Waals surface area contributed by atoms with E-state index in [2.05, 4.69) is 48.6 Å². The Morgan fingerprint density at radius 3 is 2.36 bits per heavy atom. The third-order valence-electron chi connectivity index (χ3n) is 2.71. The Bertz CT molecular complexity index is 278. The summed E-state index contributed by atoms with van der Waals surface area (Å²) in [5, 5.41) is 3.36. The number of hydrogen-bond donors (Lipinski definition) is 1. The van der Waals surface area contributed by atoms with E-state index < -0.39 is 0 Å². The predicted molar refractivity (Wildman–Crippen MR) is 62.8 cm³/mol. The summed E-state index contributed by atoms with van der Waals surface area (Å²) in [6, 6.07) is 8.77. The average molecular weight is 187 g/mol. The zero-order valence-corrected chi connectivity index (χ0v) is 8.66. The molecule has 1 aromatic carbocycles. The summed E-state index contributed by atoms with van der Waals surface area (Å²) in [5.74, 6) is 0. The minimum atomic E-state index is 1.10. The summed E-state index contributed by atoms with van der Waals surface area (Å²) in [6.07, 6.45) is 0. The lowest BCUT2D eigenvalue weighted by Gasteiger charge is -2.29. The standard InChI is InChI=1S/C11H16BN2/c1-12-10-2-4-11(5-3-10)14-8-6-13-7-9-14/h2-5,13H,6-9H2,1H3. The molecule has 1 radical (unpaired) electrons. The largest absolute Gasteiger partial charge is 0.369 e. The quantitative estimate of drug-likeness (QED) is 0.677. The summed E-state index contributed by atoms with van der Waals surface area (Å²) in [6.45, 7) is 6.51. The molecule has 73 valence electrons. The van der Waals surface area contributed by atoms with E-state index >= 15 is 0 Å². The number of rotatable bonds is 2. The van der Waals surface area contributed by atoms with Gasteiger partial charge in [-0.05, 0) is 12.1 Å². The molecular weight excluding hydrogens is 171 g/mol. The van der Waals surface area contributed by atoms with Crippen LogP contribution >= 0.6 is 0 Å². The third-order valence-corrected chi connectivity index (χ3v) is 2.71. The topological polar surface area (TPSA) is 15.3 Å². The number of hydrogen-bond acceptors (Lipinski definition) is 2. The smallest absolute Gasteiger partial charge is 0.148 e. The van der Waals surface area contributed by atoms with Crippen LogP contribution in [0.1, 0.15) is 0 Å². The van der Waals surface area contributed by atoms with Crippen LogP contribution in [-0.4, -0.2) is 33.5 Å².